The van der Waals surface area contributed by atoms with E-state index in [1.165, 1.54) is 30.1 Å². The molecule has 0 spiro atoms. The van der Waals surface area contributed by atoms with Gasteiger partial charge in [-0.3, -0.25) is 4.98 Å². The molecule has 84 valence electrons. The van der Waals surface area contributed by atoms with Crippen molar-refractivity contribution in [2.24, 2.45) is 0 Å². The largest absolute Gasteiger partial charge is 0.397 e. The summed E-state index contributed by atoms with van der Waals surface area (Å²) in [6.45, 7) is 0. The van der Waals surface area contributed by atoms with Crippen molar-refractivity contribution in [3.8, 4) is 6.07 Å². The molecule has 17 heavy (non-hydrogen) atoms. The quantitative estimate of drug-likeness (QED) is 0.883. The lowest BCUT2D eigenvalue weighted by molar-refractivity contribution is 0.626. The Hall–Kier alpha value is -2.06. The van der Waals surface area contributed by atoms with Crippen LogP contribution in [0.5, 0.6) is 0 Å². The van der Waals surface area contributed by atoms with Gasteiger partial charge in [0.05, 0.1) is 17.4 Å². The van der Waals surface area contributed by atoms with E-state index in [0.717, 1.165) is 4.90 Å². The number of hydrogen-bond donors (Lipinski definition) is 1. The van der Waals surface area contributed by atoms with Gasteiger partial charge in [0, 0.05) is 16.0 Å². The number of nitrogens with two attached hydrogens (primary N) is 1. The van der Waals surface area contributed by atoms with Gasteiger partial charge in [0.15, 0.2) is 0 Å². The number of nitrogens with zero attached hydrogens (tertiary/aromatic N) is 2. The summed E-state index contributed by atoms with van der Waals surface area (Å²) in [5.41, 5.74) is 6.58. The fraction of sp³-hybridized carbons (Fsp3) is 0. The van der Waals surface area contributed by atoms with Crippen LogP contribution in [-0.2, 0) is 0 Å². The number of pyridine rings is 1. The summed E-state index contributed by atoms with van der Waals surface area (Å²) in [7, 11) is 0. The molecule has 0 saturated heterocycles. The topological polar surface area (TPSA) is 62.7 Å². The second-order valence-electron chi connectivity index (χ2n) is 3.27. The van der Waals surface area contributed by atoms with Crippen LogP contribution in [0.4, 0.5) is 10.1 Å². The summed E-state index contributed by atoms with van der Waals surface area (Å²) in [5, 5.41) is 8.92. The Morgan fingerprint density at radius 2 is 2.12 bits per heavy atom. The van der Waals surface area contributed by atoms with Crippen molar-refractivity contribution in [1.82, 2.24) is 4.98 Å². The van der Waals surface area contributed by atoms with E-state index in [9.17, 15) is 4.39 Å². The van der Waals surface area contributed by atoms with Crippen molar-refractivity contribution < 1.29 is 4.39 Å². The highest BCUT2D eigenvalue weighted by atomic mass is 32.2. The second-order valence-corrected chi connectivity index (χ2v) is 4.35. The average Bonchev–Trinajstić information content (AvgIpc) is 2.34. The van der Waals surface area contributed by atoms with Crippen LogP contribution in [0.25, 0.3) is 0 Å². The molecule has 0 aliphatic rings. The van der Waals surface area contributed by atoms with E-state index in [4.69, 9.17) is 11.0 Å². The molecular weight excluding hydrogens is 237 g/mol. The molecule has 0 aliphatic carbocycles. The molecule has 1 heterocycles. The maximum absolute atomic E-state index is 13.0. The molecule has 2 N–H and O–H groups in total. The minimum absolute atomic E-state index is 0.297. The molecule has 0 fully saturated rings. The third-order valence-corrected chi connectivity index (χ3v) is 3.26. The first-order chi connectivity index (χ1) is 8.20. The van der Waals surface area contributed by atoms with E-state index in [-0.39, 0.29) is 0 Å². The molecule has 1 aromatic heterocycles. The second kappa shape index (κ2) is 4.85. The van der Waals surface area contributed by atoms with Crippen LogP contribution in [0.2, 0.25) is 0 Å². The summed E-state index contributed by atoms with van der Waals surface area (Å²) in [5.74, 6) is -0.423. The molecule has 2 aromatic rings. The van der Waals surface area contributed by atoms with Crippen molar-refractivity contribution in [3.63, 3.8) is 0 Å². The Morgan fingerprint density at radius 3 is 2.82 bits per heavy atom. The van der Waals surface area contributed by atoms with Crippen molar-refractivity contribution in [2.75, 3.05) is 5.73 Å². The minimum Gasteiger partial charge on any atom is -0.397 e. The van der Waals surface area contributed by atoms with Gasteiger partial charge in [0.25, 0.3) is 0 Å². The standard InChI is InChI=1S/C12H8FN3S/c13-9-1-2-11(8(5-9)6-14)17-12-3-4-16-7-10(12)15/h1-5,7H,15H2. The molecule has 5 heteroatoms. The van der Waals surface area contributed by atoms with E-state index in [0.29, 0.717) is 16.1 Å². The Kier molecular flexibility index (Phi) is 3.26. The van der Waals surface area contributed by atoms with E-state index in [1.54, 1.807) is 18.3 Å². The van der Waals surface area contributed by atoms with Crippen LogP contribution in [0.15, 0.2) is 46.5 Å². The van der Waals surface area contributed by atoms with Gasteiger partial charge in [-0.25, -0.2) is 4.39 Å². The van der Waals surface area contributed by atoms with Gasteiger partial charge in [-0.1, -0.05) is 11.8 Å². The Labute approximate surface area is 102 Å². The summed E-state index contributed by atoms with van der Waals surface area (Å²) < 4.78 is 13.0. The molecule has 0 aliphatic heterocycles. The van der Waals surface area contributed by atoms with E-state index < -0.39 is 5.82 Å². The summed E-state index contributed by atoms with van der Waals surface area (Å²) in [6, 6.07) is 7.81. The SMILES string of the molecule is N#Cc1cc(F)ccc1Sc1ccncc1N. The van der Waals surface area contributed by atoms with Gasteiger partial charge < -0.3 is 5.73 Å². The lowest BCUT2D eigenvalue weighted by Crippen LogP contribution is -1.90. The van der Waals surface area contributed by atoms with E-state index in [2.05, 4.69) is 4.98 Å². The third-order valence-electron chi connectivity index (χ3n) is 2.09. The summed E-state index contributed by atoms with van der Waals surface area (Å²) in [4.78, 5) is 5.35. The Morgan fingerprint density at radius 1 is 1.29 bits per heavy atom. The van der Waals surface area contributed by atoms with E-state index in [1.807, 2.05) is 6.07 Å². The zero-order valence-electron chi connectivity index (χ0n) is 8.72. The van der Waals surface area contributed by atoms with Crippen LogP contribution in [0.3, 0.4) is 0 Å². The minimum atomic E-state index is -0.423. The van der Waals surface area contributed by atoms with Crippen LogP contribution in [-0.4, -0.2) is 4.98 Å². The van der Waals surface area contributed by atoms with Gasteiger partial charge in [0.1, 0.15) is 11.9 Å². The predicted molar refractivity (Wildman–Crippen MR) is 63.9 cm³/mol. The smallest absolute Gasteiger partial charge is 0.124 e. The number of anilines is 1. The number of nitriles is 1. The highest BCUT2D eigenvalue weighted by Gasteiger charge is 2.07. The lowest BCUT2D eigenvalue weighted by Gasteiger charge is -2.05. The highest BCUT2D eigenvalue weighted by molar-refractivity contribution is 7.99. The Bertz CT molecular complexity index is 593. The zero-order valence-corrected chi connectivity index (χ0v) is 9.54. The van der Waals surface area contributed by atoms with Crippen LogP contribution < -0.4 is 5.73 Å². The van der Waals surface area contributed by atoms with Gasteiger partial charge in [-0.15, -0.1) is 0 Å². The lowest BCUT2D eigenvalue weighted by atomic mass is 10.2. The first kappa shape index (κ1) is 11.4. The van der Waals surface area contributed by atoms with Gasteiger partial charge in [0.2, 0.25) is 0 Å². The molecule has 0 saturated carbocycles. The molecule has 0 radical (unpaired) electrons. The van der Waals surface area contributed by atoms with Gasteiger partial charge in [-0.2, -0.15) is 5.26 Å². The van der Waals surface area contributed by atoms with Crippen molar-refractivity contribution in [2.45, 2.75) is 9.79 Å². The maximum Gasteiger partial charge on any atom is 0.124 e. The molecular formula is C12H8FN3S. The molecule has 3 nitrogen and oxygen atoms in total. The number of benzene rings is 1. The number of rotatable bonds is 2. The van der Waals surface area contributed by atoms with Crippen LogP contribution >= 0.6 is 11.8 Å². The summed E-state index contributed by atoms with van der Waals surface area (Å²) >= 11 is 1.32. The normalized spacial score (nSPS) is 9.88. The van der Waals surface area contributed by atoms with Crippen LogP contribution in [0, 0.1) is 17.1 Å². The molecule has 2 rings (SSSR count). The number of aromatic nitrogens is 1. The van der Waals surface area contributed by atoms with E-state index >= 15 is 0 Å². The third kappa shape index (κ3) is 2.55. The molecule has 0 atom stereocenters. The fourth-order valence-corrected chi connectivity index (χ4v) is 2.17. The molecule has 1 aromatic carbocycles. The zero-order chi connectivity index (χ0) is 12.3. The van der Waals surface area contributed by atoms with Gasteiger partial charge in [-0.05, 0) is 24.3 Å². The maximum atomic E-state index is 13.0. The van der Waals surface area contributed by atoms with Crippen molar-refractivity contribution in [3.05, 3.63) is 48.0 Å². The van der Waals surface area contributed by atoms with Crippen LogP contribution in [0.1, 0.15) is 5.56 Å². The monoisotopic (exact) mass is 245 g/mol. The molecule has 0 amide bonds. The highest BCUT2D eigenvalue weighted by Crippen LogP contribution is 2.33. The van der Waals surface area contributed by atoms with Crippen molar-refractivity contribution >= 4 is 17.4 Å². The number of hydrogen-bond acceptors (Lipinski definition) is 4. The average molecular weight is 245 g/mol. The first-order valence-corrected chi connectivity index (χ1v) is 5.59. The number of nitrogen functional groups attached to an aromatic ring is 1. The number of halogens is 1. The van der Waals surface area contributed by atoms with Crippen molar-refractivity contribution in [1.29, 1.82) is 5.26 Å². The summed E-state index contributed by atoms with van der Waals surface area (Å²) in [6.07, 6.45) is 3.16. The Balaban J connectivity index is 2.37. The predicted octanol–water partition coefficient (Wildman–Crippen LogP) is 2.83. The first-order valence-electron chi connectivity index (χ1n) is 4.77. The molecule has 0 bridgehead atoms. The van der Waals surface area contributed by atoms with Gasteiger partial charge >= 0.3 is 0 Å². The molecule has 0 unspecified atom stereocenters. The fourth-order valence-electron chi connectivity index (χ4n) is 1.28.